The first-order valence-corrected chi connectivity index (χ1v) is 6.28. The van der Waals surface area contributed by atoms with Crippen LogP contribution in [0.1, 0.15) is 13.3 Å². The van der Waals surface area contributed by atoms with Crippen LogP contribution in [0.4, 0.5) is 0 Å². The van der Waals surface area contributed by atoms with Gasteiger partial charge < -0.3 is 36.2 Å². The van der Waals surface area contributed by atoms with Crippen LogP contribution in [0.25, 0.3) is 0 Å². The topological polar surface area (TPSA) is 158 Å². The number of rotatable bonds is 0. The van der Waals surface area contributed by atoms with Crippen LogP contribution in [-0.4, -0.2) is 68.0 Å². The maximum atomic E-state index is 11.8. The molecule has 0 aromatic rings. The van der Waals surface area contributed by atoms with Gasteiger partial charge in [-0.1, -0.05) is 0 Å². The molecule has 0 aromatic heterocycles. The number of aliphatic hydroxyl groups is 4. The van der Waals surface area contributed by atoms with Crippen molar-refractivity contribution in [3.8, 4) is 0 Å². The Hall–Kier alpha value is -1.42. The summed E-state index contributed by atoms with van der Waals surface area (Å²) >= 11 is 0. The minimum atomic E-state index is -1.72. The van der Waals surface area contributed by atoms with Gasteiger partial charge >= 0.3 is 5.97 Å². The maximum Gasteiger partial charge on any atom is 0.338 e. The van der Waals surface area contributed by atoms with Gasteiger partial charge in [-0.3, -0.25) is 0 Å². The van der Waals surface area contributed by atoms with Crippen molar-refractivity contribution in [2.75, 3.05) is 0 Å². The molecule has 1 aliphatic carbocycles. The van der Waals surface area contributed by atoms with Crippen LogP contribution in [0.2, 0.25) is 0 Å². The molecule has 1 saturated carbocycles. The summed E-state index contributed by atoms with van der Waals surface area (Å²) in [5, 5.41) is 43.6. The maximum absolute atomic E-state index is 11.8. The molecule has 1 saturated heterocycles. The summed E-state index contributed by atoms with van der Waals surface area (Å²) in [6, 6.07) is 0. The lowest BCUT2D eigenvalue weighted by molar-refractivity contribution is -0.267. The number of nitrogens with one attached hydrogen (secondary N) is 1. The summed E-state index contributed by atoms with van der Waals surface area (Å²) < 4.78 is 4.92. The molecule has 7 unspecified atom stereocenters. The van der Waals surface area contributed by atoms with Crippen molar-refractivity contribution in [1.29, 1.82) is 0 Å². The van der Waals surface area contributed by atoms with E-state index in [1.165, 1.54) is 6.92 Å². The fourth-order valence-electron chi connectivity index (χ4n) is 3.55. The monoisotopic (exact) mass is 287 g/mol. The zero-order chi connectivity index (χ0) is 14.9. The van der Waals surface area contributed by atoms with Gasteiger partial charge in [-0.15, -0.1) is 0 Å². The number of fused-ring (bicyclic) bond motifs is 1. The minimum absolute atomic E-state index is 0.0238. The second-order valence-corrected chi connectivity index (χ2v) is 5.86. The summed E-state index contributed by atoms with van der Waals surface area (Å²) in [6.45, 7) is 1.39. The van der Waals surface area contributed by atoms with E-state index in [1.54, 1.807) is 0 Å². The third-order valence-corrected chi connectivity index (χ3v) is 4.53. The van der Waals surface area contributed by atoms with Gasteiger partial charge in [-0.2, -0.15) is 0 Å². The van der Waals surface area contributed by atoms with Crippen molar-refractivity contribution in [2.24, 2.45) is 16.6 Å². The molecule has 9 heteroatoms. The minimum Gasteiger partial charge on any atom is -0.454 e. The first kappa shape index (κ1) is 13.6. The number of aliphatic imine (C=N–C) groups is 1. The average molecular weight is 287 g/mol. The van der Waals surface area contributed by atoms with Crippen LogP contribution >= 0.6 is 0 Å². The van der Waals surface area contributed by atoms with Gasteiger partial charge in [0, 0.05) is 5.92 Å². The Kier molecular flexibility index (Phi) is 2.59. The van der Waals surface area contributed by atoms with Crippen molar-refractivity contribution >= 4 is 11.9 Å². The van der Waals surface area contributed by atoms with Gasteiger partial charge in [0.25, 0.3) is 0 Å². The van der Waals surface area contributed by atoms with Crippen molar-refractivity contribution in [3.05, 3.63) is 0 Å². The lowest BCUT2D eigenvalue weighted by atomic mass is 9.59. The van der Waals surface area contributed by atoms with Gasteiger partial charge in [-0.05, 0) is 13.3 Å². The average Bonchev–Trinajstić information content (AvgIpc) is 2.33. The van der Waals surface area contributed by atoms with Gasteiger partial charge in [0.1, 0.15) is 17.2 Å². The molecule has 0 aromatic carbocycles. The van der Waals surface area contributed by atoms with Crippen LogP contribution in [0, 0.1) is 5.92 Å². The van der Waals surface area contributed by atoms with E-state index >= 15 is 0 Å². The molecular formula is C11H17N3O6. The number of esters is 1. The van der Waals surface area contributed by atoms with Crippen LogP contribution < -0.4 is 11.1 Å². The molecule has 7 atom stereocenters. The lowest BCUT2D eigenvalue weighted by Crippen LogP contribution is -2.84. The Morgan fingerprint density at radius 1 is 1.45 bits per heavy atom. The highest BCUT2D eigenvalue weighted by atomic mass is 16.6. The number of ether oxygens (including phenoxy) is 1. The SMILES string of the molecule is CC1(O)CC2C(O)N=C(N)NC23C(O)C(=O)OC1C3O. The van der Waals surface area contributed by atoms with Crippen LogP contribution in [-0.2, 0) is 9.53 Å². The first-order valence-electron chi connectivity index (χ1n) is 6.28. The number of hydrogen-bond donors (Lipinski definition) is 6. The van der Waals surface area contributed by atoms with E-state index in [9.17, 15) is 25.2 Å². The predicted molar refractivity (Wildman–Crippen MR) is 64.1 cm³/mol. The fraction of sp³-hybridized carbons (Fsp3) is 0.818. The van der Waals surface area contributed by atoms with Gasteiger partial charge in [-0.25, -0.2) is 9.79 Å². The molecule has 7 N–H and O–H groups in total. The zero-order valence-corrected chi connectivity index (χ0v) is 10.7. The molecule has 3 aliphatic rings. The molecule has 20 heavy (non-hydrogen) atoms. The largest absolute Gasteiger partial charge is 0.454 e. The summed E-state index contributed by atoms with van der Waals surface area (Å²) in [7, 11) is 0. The molecule has 3 rings (SSSR count). The molecule has 1 spiro atoms. The van der Waals surface area contributed by atoms with Crippen molar-refractivity contribution in [2.45, 2.75) is 49.0 Å². The number of carbonyl (C=O) groups is 1. The summed E-state index contributed by atoms with van der Waals surface area (Å²) in [4.78, 5) is 15.5. The molecular weight excluding hydrogens is 270 g/mol. The van der Waals surface area contributed by atoms with E-state index in [0.29, 0.717) is 0 Å². The highest BCUT2D eigenvalue weighted by Gasteiger charge is 2.70. The molecule has 2 heterocycles. The van der Waals surface area contributed by atoms with Crippen molar-refractivity contribution in [1.82, 2.24) is 5.32 Å². The molecule has 2 fully saturated rings. The number of nitrogens with two attached hydrogens (primary N) is 1. The number of guanidine groups is 1. The van der Waals surface area contributed by atoms with Crippen LogP contribution in [0.15, 0.2) is 4.99 Å². The number of nitrogens with zero attached hydrogens (tertiary/aromatic N) is 1. The Bertz CT molecular complexity index is 495. The second-order valence-electron chi connectivity index (χ2n) is 5.86. The van der Waals surface area contributed by atoms with E-state index in [1.807, 2.05) is 0 Å². The fourth-order valence-corrected chi connectivity index (χ4v) is 3.55. The predicted octanol–water partition coefficient (Wildman–Crippen LogP) is -3.62. The second kappa shape index (κ2) is 3.82. The third kappa shape index (κ3) is 1.46. The van der Waals surface area contributed by atoms with Crippen molar-refractivity contribution < 1.29 is 30.0 Å². The third-order valence-electron chi connectivity index (χ3n) is 4.53. The van der Waals surface area contributed by atoms with Gasteiger partial charge in [0.05, 0.1) is 0 Å². The lowest BCUT2D eigenvalue weighted by Gasteiger charge is -2.60. The summed E-state index contributed by atoms with van der Waals surface area (Å²) in [5.74, 6) is -2.07. The van der Waals surface area contributed by atoms with E-state index in [4.69, 9.17) is 10.5 Å². The Labute approximate surface area is 114 Å². The molecule has 112 valence electrons. The normalized spacial score (nSPS) is 54.4. The van der Waals surface area contributed by atoms with Gasteiger partial charge in [0.15, 0.2) is 24.4 Å². The molecule has 0 amide bonds. The molecule has 9 nitrogen and oxygen atoms in total. The van der Waals surface area contributed by atoms with Crippen LogP contribution in [0.5, 0.6) is 0 Å². The van der Waals surface area contributed by atoms with Crippen molar-refractivity contribution in [3.63, 3.8) is 0 Å². The van der Waals surface area contributed by atoms with Crippen LogP contribution in [0.3, 0.4) is 0 Å². The highest BCUT2D eigenvalue weighted by molar-refractivity contribution is 5.84. The number of carbonyl (C=O) groups excluding carboxylic acids is 1. The Morgan fingerprint density at radius 3 is 2.75 bits per heavy atom. The standard InChI is InChI=1S/C11H17N3O6/c1-10(19)2-3-7(17)13-9(12)14-11(3)4(15)6(10)20-8(18)5(11)16/h3-7,15-17,19H,2H2,1H3,(H3,12,13,14). The van der Waals surface area contributed by atoms with E-state index in [0.717, 1.165) is 0 Å². The summed E-state index contributed by atoms with van der Waals surface area (Å²) in [5.41, 5.74) is 2.38. The van der Waals surface area contributed by atoms with E-state index in [2.05, 4.69) is 10.3 Å². The molecule has 2 aliphatic heterocycles. The Morgan fingerprint density at radius 2 is 2.10 bits per heavy atom. The smallest absolute Gasteiger partial charge is 0.338 e. The molecule has 2 bridgehead atoms. The Balaban J connectivity index is 2.16. The number of hydrogen-bond acceptors (Lipinski definition) is 9. The van der Waals surface area contributed by atoms with Gasteiger partial charge in [0.2, 0.25) is 0 Å². The van der Waals surface area contributed by atoms with E-state index < -0.39 is 47.6 Å². The quantitative estimate of drug-likeness (QED) is 0.249. The summed E-state index contributed by atoms with van der Waals surface area (Å²) in [6.07, 6.45) is -5.75. The first-order chi connectivity index (χ1) is 9.20. The van der Waals surface area contributed by atoms with E-state index in [-0.39, 0.29) is 12.4 Å². The highest BCUT2D eigenvalue weighted by Crippen LogP contribution is 2.48. The zero-order valence-electron chi connectivity index (χ0n) is 10.7. The molecule has 0 radical (unpaired) electrons. The number of aliphatic hydroxyl groups excluding tert-OH is 3.